The average molecular weight is 353 g/mol. The van der Waals surface area contributed by atoms with Crippen molar-refractivity contribution in [2.45, 2.75) is 90.4 Å². The van der Waals surface area contributed by atoms with E-state index in [0.717, 1.165) is 32.1 Å². The summed E-state index contributed by atoms with van der Waals surface area (Å²) in [5.41, 5.74) is -0.217. The van der Waals surface area contributed by atoms with Crippen LogP contribution in [-0.4, -0.2) is 22.2 Å². The Morgan fingerprint density at radius 2 is 1.32 bits per heavy atom. The van der Waals surface area contributed by atoms with E-state index in [1.54, 1.807) is 0 Å². The molecule has 0 saturated carbocycles. The lowest BCUT2D eigenvalue weighted by atomic mass is 9.94. The molecule has 144 valence electrons. The maximum atomic E-state index is 11.1. The molecule has 25 heavy (non-hydrogen) atoms. The van der Waals surface area contributed by atoms with Gasteiger partial charge in [-0.2, -0.15) is 0 Å². The first-order valence-corrected chi connectivity index (χ1v) is 9.80. The lowest BCUT2D eigenvalue weighted by molar-refractivity contribution is -0.144. The van der Waals surface area contributed by atoms with Crippen molar-refractivity contribution in [3.8, 4) is 0 Å². The fourth-order valence-electron chi connectivity index (χ4n) is 2.84. The van der Waals surface area contributed by atoms with Crippen LogP contribution in [0.5, 0.6) is 0 Å². The van der Waals surface area contributed by atoms with Gasteiger partial charge in [0, 0.05) is 5.57 Å². The number of hydrogen-bond donors (Lipinski definition) is 2. The molecule has 0 aliphatic rings. The first-order chi connectivity index (χ1) is 12.0. The largest absolute Gasteiger partial charge is 0.481 e. The number of allylic oxidation sites excluding steroid dienone is 2. The van der Waals surface area contributed by atoms with Gasteiger partial charge in [-0.1, -0.05) is 77.0 Å². The molecular weight excluding hydrogens is 316 g/mol. The second-order valence-electron chi connectivity index (χ2n) is 6.74. The summed E-state index contributed by atoms with van der Waals surface area (Å²) in [6.07, 6.45) is 18.9. The minimum Gasteiger partial charge on any atom is -0.481 e. The van der Waals surface area contributed by atoms with Gasteiger partial charge in [-0.15, -0.1) is 0 Å². The van der Waals surface area contributed by atoms with E-state index in [4.69, 9.17) is 10.2 Å². The molecule has 0 amide bonds. The Bertz CT molecular complexity index is 412. The van der Waals surface area contributed by atoms with Crippen molar-refractivity contribution in [2.75, 3.05) is 0 Å². The van der Waals surface area contributed by atoms with E-state index in [9.17, 15) is 9.59 Å². The Morgan fingerprint density at radius 1 is 0.840 bits per heavy atom. The van der Waals surface area contributed by atoms with Gasteiger partial charge in [-0.05, 0) is 32.1 Å². The molecule has 0 aliphatic heterocycles. The molecular formula is C21H36O4. The van der Waals surface area contributed by atoms with Crippen molar-refractivity contribution in [3.05, 3.63) is 24.3 Å². The van der Waals surface area contributed by atoms with Gasteiger partial charge in [0.05, 0.1) is 5.92 Å². The standard InChI is InChI=1S/C21H36O4/c1-3-4-5-6-7-8-9-10-11-12-13-14-15-16-17-19(21(24)25)18(2)20(22)23/h10-11,19H,2-9,12-17H2,1H3,(H,22,23)(H,24,25)/b11-10-. The highest BCUT2D eigenvalue weighted by Crippen LogP contribution is 2.19. The van der Waals surface area contributed by atoms with Crippen LogP contribution < -0.4 is 0 Å². The topological polar surface area (TPSA) is 74.6 Å². The van der Waals surface area contributed by atoms with Crippen LogP contribution in [-0.2, 0) is 9.59 Å². The molecule has 4 heteroatoms. The van der Waals surface area contributed by atoms with Crippen molar-refractivity contribution in [1.29, 1.82) is 0 Å². The summed E-state index contributed by atoms with van der Waals surface area (Å²) in [4.78, 5) is 21.9. The molecule has 0 bridgehead atoms. The fourth-order valence-corrected chi connectivity index (χ4v) is 2.84. The van der Waals surface area contributed by atoms with Crippen LogP contribution in [0, 0.1) is 5.92 Å². The molecule has 0 aliphatic carbocycles. The van der Waals surface area contributed by atoms with Crippen molar-refractivity contribution >= 4 is 11.9 Å². The monoisotopic (exact) mass is 352 g/mol. The van der Waals surface area contributed by atoms with Gasteiger partial charge in [0.2, 0.25) is 0 Å². The summed E-state index contributed by atoms with van der Waals surface area (Å²) in [5, 5.41) is 17.9. The Balaban J connectivity index is 3.56. The van der Waals surface area contributed by atoms with Gasteiger partial charge in [0.1, 0.15) is 0 Å². The Kier molecular flexibility index (Phi) is 14.9. The van der Waals surface area contributed by atoms with E-state index >= 15 is 0 Å². The third-order valence-corrected chi connectivity index (χ3v) is 4.50. The number of unbranched alkanes of at least 4 members (excludes halogenated alkanes) is 10. The number of rotatable bonds is 17. The zero-order valence-corrected chi connectivity index (χ0v) is 15.8. The summed E-state index contributed by atoms with van der Waals surface area (Å²) in [5.74, 6) is -3.28. The van der Waals surface area contributed by atoms with Crippen LogP contribution in [0.2, 0.25) is 0 Å². The predicted molar refractivity (Wildman–Crippen MR) is 103 cm³/mol. The Labute approximate surface area is 153 Å². The maximum Gasteiger partial charge on any atom is 0.331 e. The quantitative estimate of drug-likeness (QED) is 0.192. The average Bonchev–Trinajstić information content (AvgIpc) is 2.57. The molecule has 1 unspecified atom stereocenters. The van der Waals surface area contributed by atoms with Crippen molar-refractivity contribution in [2.24, 2.45) is 5.92 Å². The second kappa shape index (κ2) is 15.9. The third-order valence-electron chi connectivity index (χ3n) is 4.50. The Morgan fingerprint density at radius 3 is 1.80 bits per heavy atom. The molecule has 0 aromatic heterocycles. The van der Waals surface area contributed by atoms with Gasteiger partial charge in [-0.3, -0.25) is 4.79 Å². The molecule has 4 nitrogen and oxygen atoms in total. The number of carbonyl (C=O) groups is 2. The van der Waals surface area contributed by atoms with E-state index in [2.05, 4.69) is 25.7 Å². The highest BCUT2D eigenvalue weighted by molar-refractivity contribution is 5.93. The van der Waals surface area contributed by atoms with Gasteiger partial charge in [0.25, 0.3) is 0 Å². The SMILES string of the molecule is C=C(C(=O)O)C(CCCCCC/C=C\CCCCCCCC)C(=O)O. The molecule has 0 spiro atoms. The molecule has 0 aromatic carbocycles. The summed E-state index contributed by atoms with van der Waals surface area (Å²) < 4.78 is 0. The van der Waals surface area contributed by atoms with Crippen LogP contribution >= 0.6 is 0 Å². The summed E-state index contributed by atoms with van der Waals surface area (Å²) in [6.45, 7) is 5.61. The van der Waals surface area contributed by atoms with Gasteiger partial charge >= 0.3 is 11.9 Å². The second-order valence-corrected chi connectivity index (χ2v) is 6.74. The van der Waals surface area contributed by atoms with Gasteiger partial charge < -0.3 is 10.2 Å². The highest BCUT2D eigenvalue weighted by Gasteiger charge is 2.24. The van der Waals surface area contributed by atoms with Crippen molar-refractivity contribution in [3.63, 3.8) is 0 Å². The lowest BCUT2D eigenvalue weighted by Gasteiger charge is -2.11. The van der Waals surface area contributed by atoms with E-state index in [1.807, 2.05) is 0 Å². The van der Waals surface area contributed by atoms with Crippen molar-refractivity contribution in [1.82, 2.24) is 0 Å². The van der Waals surface area contributed by atoms with E-state index in [1.165, 1.54) is 44.9 Å². The molecule has 0 radical (unpaired) electrons. The van der Waals surface area contributed by atoms with E-state index < -0.39 is 17.9 Å². The highest BCUT2D eigenvalue weighted by atomic mass is 16.4. The first kappa shape index (κ1) is 23.4. The molecule has 0 fully saturated rings. The zero-order valence-electron chi connectivity index (χ0n) is 15.8. The zero-order chi connectivity index (χ0) is 18.9. The molecule has 2 N–H and O–H groups in total. The van der Waals surface area contributed by atoms with Crippen LogP contribution in [0.15, 0.2) is 24.3 Å². The molecule has 0 heterocycles. The lowest BCUT2D eigenvalue weighted by Crippen LogP contribution is -2.20. The minimum absolute atomic E-state index is 0.217. The summed E-state index contributed by atoms with van der Waals surface area (Å²) in [6, 6.07) is 0. The molecule has 1 atom stereocenters. The smallest absolute Gasteiger partial charge is 0.331 e. The molecule has 0 rings (SSSR count). The predicted octanol–water partition coefficient (Wildman–Crippen LogP) is 5.98. The number of carboxylic acid groups (broad SMARTS) is 2. The van der Waals surface area contributed by atoms with Crippen LogP contribution in [0.1, 0.15) is 90.4 Å². The Hall–Kier alpha value is -1.58. The normalized spacial score (nSPS) is 12.4. The summed E-state index contributed by atoms with van der Waals surface area (Å²) in [7, 11) is 0. The van der Waals surface area contributed by atoms with Gasteiger partial charge in [-0.25, -0.2) is 4.79 Å². The summed E-state index contributed by atoms with van der Waals surface area (Å²) >= 11 is 0. The number of carboxylic acids is 2. The number of aliphatic carboxylic acids is 2. The molecule has 0 aromatic rings. The van der Waals surface area contributed by atoms with E-state index in [-0.39, 0.29) is 5.57 Å². The van der Waals surface area contributed by atoms with Crippen LogP contribution in [0.3, 0.4) is 0 Å². The third kappa shape index (κ3) is 13.4. The minimum atomic E-state index is -1.22. The van der Waals surface area contributed by atoms with Crippen LogP contribution in [0.4, 0.5) is 0 Å². The van der Waals surface area contributed by atoms with Crippen molar-refractivity contribution < 1.29 is 19.8 Å². The fraction of sp³-hybridized carbons (Fsp3) is 0.714. The molecule has 0 saturated heterocycles. The van der Waals surface area contributed by atoms with E-state index in [0.29, 0.717) is 6.42 Å². The maximum absolute atomic E-state index is 11.1. The van der Waals surface area contributed by atoms with Gasteiger partial charge in [0.15, 0.2) is 0 Å². The first-order valence-electron chi connectivity index (χ1n) is 9.80. The van der Waals surface area contributed by atoms with Crippen LogP contribution in [0.25, 0.3) is 0 Å². The number of hydrogen-bond acceptors (Lipinski definition) is 2.